The molecule has 0 spiro atoms. The highest BCUT2D eigenvalue weighted by molar-refractivity contribution is 7.09. The maximum Gasteiger partial charge on any atom is 0.221 e. The predicted molar refractivity (Wildman–Crippen MR) is 58.6 cm³/mol. The third-order valence-corrected chi connectivity index (χ3v) is 3.03. The van der Waals surface area contributed by atoms with E-state index in [1.54, 1.807) is 6.20 Å². The van der Waals surface area contributed by atoms with Gasteiger partial charge in [-0.15, -0.1) is 22.9 Å². The first kappa shape index (κ1) is 11.5. The molecule has 78 valence electrons. The van der Waals surface area contributed by atoms with Crippen molar-refractivity contribution in [3.8, 4) is 0 Å². The van der Waals surface area contributed by atoms with Gasteiger partial charge in [0.05, 0.1) is 5.54 Å². The van der Waals surface area contributed by atoms with Crippen LogP contribution in [0.5, 0.6) is 0 Å². The van der Waals surface area contributed by atoms with E-state index in [2.05, 4.69) is 10.3 Å². The van der Waals surface area contributed by atoms with Gasteiger partial charge >= 0.3 is 0 Å². The van der Waals surface area contributed by atoms with Crippen LogP contribution in [0, 0.1) is 0 Å². The van der Waals surface area contributed by atoms with Gasteiger partial charge in [0.25, 0.3) is 0 Å². The molecule has 1 aromatic rings. The monoisotopic (exact) mass is 232 g/mol. The van der Waals surface area contributed by atoms with E-state index in [0.29, 0.717) is 12.3 Å². The van der Waals surface area contributed by atoms with Crippen molar-refractivity contribution in [2.75, 3.05) is 5.88 Å². The second-order valence-electron chi connectivity index (χ2n) is 3.45. The molecule has 0 saturated heterocycles. The number of nitrogens with zero attached hydrogens (tertiary/aromatic N) is 1. The lowest BCUT2D eigenvalue weighted by molar-refractivity contribution is -0.122. The van der Waals surface area contributed by atoms with Gasteiger partial charge in [-0.05, 0) is 13.8 Å². The highest BCUT2D eigenvalue weighted by Crippen LogP contribution is 2.21. The number of nitrogens with one attached hydrogen (secondary N) is 1. The van der Waals surface area contributed by atoms with Crippen LogP contribution in [0.25, 0.3) is 0 Å². The van der Waals surface area contributed by atoms with Crippen molar-refractivity contribution in [1.82, 2.24) is 10.3 Å². The summed E-state index contributed by atoms with van der Waals surface area (Å²) in [5.41, 5.74) is -0.405. The van der Waals surface area contributed by atoms with Crippen molar-refractivity contribution in [3.63, 3.8) is 0 Å². The summed E-state index contributed by atoms with van der Waals surface area (Å²) < 4.78 is 0. The number of amides is 1. The Bertz CT molecular complexity index is 298. The maximum atomic E-state index is 11.3. The van der Waals surface area contributed by atoms with E-state index in [1.807, 2.05) is 19.2 Å². The third-order valence-electron chi connectivity index (χ3n) is 1.74. The van der Waals surface area contributed by atoms with Crippen LogP contribution in [0.2, 0.25) is 0 Å². The molecule has 1 heterocycles. The quantitative estimate of drug-likeness (QED) is 0.809. The van der Waals surface area contributed by atoms with Gasteiger partial charge in [0.1, 0.15) is 5.01 Å². The van der Waals surface area contributed by atoms with Crippen LogP contribution in [-0.4, -0.2) is 16.8 Å². The van der Waals surface area contributed by atoms with Gasteiger partial charge in [-0.3, -0.25) is 4.79 Å². The highest BCUT2D eigenvalue weighted by Gasteiger charge is 2.24. The number of halogens is 1. The van der Waals surface area contributed by atoms with Crippen molar-refractivity contribution in [1.29, 1.82) is 0 Å². The van der Waals surface area contributed by atoms with Gasteiger partial charge < -0.3 is 5.32 Å². The van der Waals surface area contributed by atoms with E-state index in [0.717, 1.165) is 5.01 Å². The van der Waals surface area contributed by atoms with E-state index in [9.17, 15) is 4.79 Å². The number of thiazole rings is 1. The van der Waals surface area contributed by atoms with Gasteiger partial charge in [-0.25, -0.2) is 4.98 Å². The molecule has 1 N–H and O–H groups in total. The minimum absolute atomic E-state index is 0.0415. The molecule has 0 atom stereocenters. The molecule has 0 unspecified atom stereocenters. The van der Waals surface area contributed by atoms with Crippen molar-refractivity contribution in [2.24, 2.45) is 0 Å². The molecule has 1 aromatic heterocycles. The third kappa shape index (κ3) is 2.96. The molecule has 1 amide bonds. The van der Waals surface area contributed by atoms with Gasteiger partial charge in [0.2, 0.25) is 5.91 Å². The lowest BCUT2D eigenvalue weighted by Gasteiger charge is -2.23. The van der Waals surface area contributed by atoms with Crippen LogP contribution in [0.1, 0.15) is 25.3 Å². The SMILES string of the molecule is CC(C)(NC(=O)CCCl)c1nccs1. The maximum absolute atomic E-state index is 11.3. The number of alkyl halides is 1. The van der Waals surface area contributed by atoms with E-state index in [-0.39, 0.29) is 5.91 Å². The largest absolute Gasteiger partial charge is 0.345 e. The van der Waals surface area contributed by atoms with Crippen molar-refractivity contribution in [2.45, 2.75) is 25.8 Å². The van der Waals surface area contributed by atoms with Crippen molar-refractivity contribution >= 4 is 28.8 Å². The number of carbonyl (C=O) groups is 1. The molecule has 1 rings (SSSR count). The summed E-state index contributed by atoms with van der Waals surface area (Å²) in [4.78, 5) is 15.5. The summed E-state index contributed by atoms with van der Waals surface area (Å²) in [5, 5.41) is 5.68. The Kier molecular flexibility index (Phi) is 3.89. The van der Waals surface area contributed by atoms with Crippen LogP contribution in [0.3, 0.4) is 0 Å². The van der Waals surface area contributed by atoms with E-state index in [1.165, 1.54) is 11.3 Å². The molecule has 0 aliphatic rings. The molecule has 0 aromatic carbocycles. The summed E-state index contributed by atoms with van der Waals surface area (Å²) in [7, 11) is 0. The van der Waals surface area contributed by atoms with E-state index >= 15 is 0 Å². The Labute approximate surface area is 92.5 Å². The lowest BCUT2D eigenvalue weighted by Crippen LogP contribution is -2.40. The number of hydrogen-bond donors (Lipinski definition) is 1. The topological polar surface area (TPSA) is 42.0 Å². The van der Waals surface area contributed by atoms with Crippen LogP contribution in [-0.2, 0) is 10.3 Å². The Morgan fingerprint density at radius 2 is 2.43 bits per heavy atom. The fourth-order valence-corrected chi connectivity index (χ4v) is 1.97. The zero-order valence-electron chi connectivity index (χ0n) is 8.21. The predicted octanol–water partition coefficient (Wildman–Crippen LogP) is 2.12. The minimum atomic E-state index is -0.405. The van der Waals surface area contributed by atoms with E-state index < -0.39 is 5.54 Å². The molecule has 0 radical (unpaired) electrons. The van der Waals surface area contributed by atoms with Crippen molar-refractivity contribution < 1.29 is 4.79 Å². The number of carbonyl (C=O) groups excluding carboxylic acids is 1. The van der Waals surface area contributed by atoms with Gasteiger partial charge in [-0.2, -0.15) is 0 Å². The molecular weight excluding hydrogens is 220 g/mol. The first-order valence-electron chi connectivity index (χ1n) is 4.33. The fraction of sp³-hybridized carbons (Fsp3) is 0.556. The van der Waals surface area contributed by atoms with Gasteiger partial charge in [-0.1, -0.05) is 0 Å². The zero-order chi connectivity index (χ0) is 10.6. The van der Waals surface area contributed by atoms with Crippen molar-refractivity contribution in [3.05, 3.63) is 16.6 Å². The zero-order valence-corrected chi connectivity index (χ0v) is 9.78. The number of rotatable bonds is 4. The Morgan fingerprint density at radius 3 is 2.93 bits per heavy atom. The number of aromatic nitrogens is 1. The molecule has 0 saturated carbocycles. The first-order chi connectivity index (χ1) is 6.56. The van der Waals surface area contributed by atoms with Crippen LogP contribution in [0.15, 0.2) is 11.6 Å². The summed E-state index contributed by atoms with van der Waals surface area (Å²) in [6.45, 7) is 3.86. The Morgan fingerprint density at radius 1 is 1.71 bits per heavy atom. The summed E-state index contributed by atoms with van der Waals surface area (Å²) in [6.07, 6.45) is 2.08. The van der Waals surface area contributed by atoms with Crippen LogP contribution in [0.4, 0.5) is 0 Å². The molecule has 5 heteroatoms. The summed E-state index contributed by atoms with van der Waals surface area (Å²) >= 11 is 7.01. The van der Waals surface area contributed by atoms with Gasteiger partial charge in [0.15, 0.2) is 0 Å². The molecule has 3 nitrogen and oxygen atoms in total. The normalized spacial score (nSPS) is 11.4. The smallest absolute Gasteiger partial charge is 0.221 e. The lowest BCUT2D eigenvalue weighted by atomic mass is 10.1. The second kappa shape index (κ2) is 4.75. The fourth-order valence-electron chi connectivity index (χ4n) is 1.08. The first-order valence-corrected chi connectivity index (χ1v) is 5.74. The summed E-state index contributed by atoms with van der Waals surface area (Å²) in [5.74, 6) is 0.306. The Hall–Kier alpha value is -0.610. The summed E-state index contributed by atoms with van der Waals surface area (Å²) in [6, 6.07) is 0. The molecule has 14 heavy (non-hydrogen) atoms. The molecule has 0 fully saturated rings. The van der Waals surface area contributed by atoms with Crippen LogP contribution >= 0.6 is 22.9 Å². The average Bonchev–Trinajstić information content (AvgIpc) is 2.54. The molecule has 0 aliphatic carbocycles. The minimum Gasteiger partial charge on any atom is -0.345 e. The van der Waals surface area contributed by atoms with Crippen LogP contribution < -0.4 is 5.32 Å². The molecular formula is C9H13ClN2OS. The standard InChI is InChI=1S/C9H13ClN2OS/c1-9(2,8-11-5-6-14-8)12-7(13)3-4-10/h5-6H,3-4H2,1-2H3,(H,12,13). The van der Waals surface area contributed by atoms with E-state index in [4.69, 9.17) is 11.6 Å². The average molecular weight is 233 g/mol. The Balaban J connectivity index is 2.63. The number of hydrogen-bond acceptors (Lipinski definition) is 3. The molecule has 0 bridgehead atoms. The highest BCUT2D eigenvalue weighted by atomic mass is 35.5. The van der Waals surface area contributed by atoms with Gasteiger partial charge in [0, 0.05) is 23.9 Å². The molecule has 0 aliphatic heterocycles. The second-order valence-corrected chi connectivity index (χ2v) is 4.72.